The largest absolute Gasteiger partial charge is 0.545 e. The first-order chi connectivity index (χ1) is 13.9. The van der Waals surface area contributed by atoms with Crippen LogP contribution in [0.4, 0.5) is 0 Å². The molecule has 0 spiro atoms. The number of carboxylic acid groups (broad SMARTS) is 1. The Hall–Kier alpha value is -1.76. The van der Waals surface area contributed by atoms with Crippen molar-refractivity contribution in [1.29, 1.82) is 0 Å². The molecule has 0 aliphatic heterocycles. The van der Waals surface area contributed by atoms with Crippen molar-refractivity contribution in [2.45, 2.75) is 52.2 Å². The Labute approximate surface area is 183 Å². The number of aromatic nitrogens is 2. The topological polar surface area (TPSA) is 67.4 Å². The Morgan fingerprint density at radius 3 is 2.34 bits per heavy atom. The highest BCUT2D eigenvalue weighted by atomic mass is 35.5. The van der Waals surface area contributed by atoms with Crippen molar-refractivity contribution in [2.75, 3.05) is 13.7 Å². The van der Waals surface area contributed by atoms with Crippen LogP contribution in [0.1, 0.15) is 55.8 Å². The van der Waals surface area contributed by atoms with Crippen LogP contribution in [-0.2, 0) is 18.5 Å². The molecule has 0 saturated carbocycles. The zero-order valence-electron chi connectivity index (χ0n) is 17.3. The molecule has 162 valence electrons. The molecule has 2 rings (SSSR count). The van der Waals surface area contributed by atoms with Crippen LogP contribution in [0.2, 0.25) is 10.0 Å². The second kappa shape index (κ2) is 14.3. The lowest BCUT2D eigenvalue weighted by molar-refractivity contribution is -0.671. The number of imidazole rings is 1. The highest BCUT2D eigenvalue weighted by Gasteiger charge is 2.12. The number of rotatable bonds is 11. The molecule has 1 aromatic heterocycles. The number of carbonyl (C=O) groups excluding carboxylic acids is 1. The van der Waals surface area contributed by atoms with E-state index >= 15 is 0 Å². The lowest BCUT2D eigenvalue weighted by Crippen LogP contribution is -2.23. The summed E-state index contributed by atoms with van der Waals surface area (Å²) in [7, 11) is 3.33. The first-order valence-electron chi connectivity index (χ1n) is 9.72. The van der Waals surface area contributed by atoms with Gasteiger partial charge in [-0.1, -0.05) is 62.2 Å². The van der Waals surface area contributed by atoms with Crippen LogP contribution in [0.15, 0.2) is 30.9 Å². The maximum Gasteiger partial charge on any atom is 0.245 e. The SMILES string of the molecule is CCCCCCCCOCn1cc[n+](C)c1.COc1c(Cl)ccc(Cl)c1C(=O)[O-]. The number of nitrogens with zero attached hydrogens (tertiary/aromatic N) is 2. The highest BCUT2D eigenvalue weighted by molar-refractivity contribution is 6.36. The zero-order valence-corrected chi connectivity index (χ0v) is 18.8. The van der Waals surface area contributed by atoms with Crippen LogP contribution in [0.25, 0.3) is 0 Å². The van der Waals surface area contributed by atoms with Gasteiger partial charge >= 0.3 is 0 Å². The molecule has 0 bridgehead atoms. The van der Waals surface area contributed by atoms with E-state index < -0.39 is 5.97 Å². The van der Waals surface area contributed by atoms with E-state index in [2.05, 4.69) is 11.5 Å². The summed E-state index contributed by atoms with van der Waals surface area (Å²) in [5, 5.41) is 10.8. The Morgan fingerprint density at radius 1 is 1.14 bits per heavy atom. The van der Waals surface area contributed by atoms with Gasteiger partial charge in [0.2, 0.25) is 6.33 Å². The van der Waals surface area contributed by atoms with Crippen molar-refractivity contribution < 1.29 is 23.9 Å². The quantitative estimate of drug-likeness (QED) is 0.387. The first kappa shape index (κ1) is 25.3. The average Bonchev–Trinajstić information content (AvgIpc) is 3.10. The lowest BCUT2D eigenvalue weighted by atomic mass is 10.1. The van der Waals surface area contributed by atoms with Crippen LogP contribution >= 0.6 is 23.2 Å². The smallest absolute Gasteiger partial charge is 0.245 e. The fourth-order valence-electron chi connectivity index (χ4n) is 2.66. The third kappa shape index (κ3) is 9.52. The van der Waals surface area contributed by atoms with Crippen molar-refractivity contribution in [2.24, 2.45) is 7.05 Å². The van der Waals surface area contributed by atoms with Gasteiger partial charge in [-0.2, -0.15) is 0 Å². The average molecular weight is 445 g/mol. The standard InChI is InChI=1S/C13H25N2O.C8H6Cl2O3/c1-3-4-5-6-7-8-11-16-13-15-10-9-14(2)12-15;1-13-7-5(10)3-2-4(9)6(7)8(11)12/h9-10,12H,3-8,11,13H2,1-2H3;2-3H,1H3,(H,11,12)/q+1;/p-1. The number of carboxylic acids is 1. The van der Waals surface area contributed by atoms with Gasteiger partial charge in [-0.25, -0.2) is 9.13 Å². The van der Waals surface area contributed by atoms with Crippen LogP contribution in [0.3, 0.4) is 0 Å². The van der Waals surface area contributed by atoms with E-state index in [0.29, 0.717) is 6.73 Å². The van der Waals surface area contributed by atoms with Crippen LogP contribution < -0.4 is 14.4 Å². The minimum atomic E-state index is -1.41. The van der Waals surface area contributed by atoms with Gasteiger partial charge in [-0.15, -0.1) is 0 Å². The maximum absolute atomic E-state index is 10.6. The van der Waals surface area contributed by atoms with E-state index in [1.54, 1.807) is 0 Å². The van der Waals surface area contributed by atoms with Gasteiger partial charge in [0, 0.05) is 0 Å². The summed E-state index contributed by atoms with van der Waals surface area (Å²) in [6.07, 6.45) is 14.0. The number of aryl methyl sites for hydroxylation is 1. The molecule has 1 aromatic carbocycles. The van der Waals surface area contributed by atoms with Gasteiger partial charge < -0.3 is 19.4 Å². The second-order valence-corrected chi connectivity index (χ2v) is 7.44. The molecule has 0 fully saturated rings. The molecular formula is C21H30Cl2N2O4. The maximum atomic E-state index is 10.6. The van der Waals surface area contributed by atoms with Gasteiger partial charge in [0.25, 0.3) is 0 Å². The molecule has 0 aliphatic carbocycles. The van der Waals surface area contributed by atoms with Gasteiger partial charge in [0.15, 0.2) is 6.73 Å². The molecule has 29 heavy (non-hydrogen) atoms. The molecule has 0 unspecified atom stereocenters. The van der Waals surface area contributed by atoms with E-state index in [1.165, 1.54) is 57.8 Å². The highest BCUT2D eigenvalue weighted by Crippen LogP contribution is 2.33. The summed E-state index contributed by atoms with van der Waals surface area (Å²) in [6, 6.07) is 2.83. The Kier molecular flexibility index (Phi) is 12.4. The van der Waals surface area contributed by atoms with Crippen LogP contribution in [0, 0.1) is 0 Å². The minimum absolute atomic E-state index is 0.0224. The van der Waals surface area contributed by atoms with Gasteiger partial charge in [-0.3, -0.25) is 0 Å². The summed E-state index contributed by atoms with van der Waals surface area (Å²) in [4.78, 5) is 10.6. The van der Waals surface area contributed by atoms with Gasteiger partial charge in [0.05, 0.1) is 42.3 Å². The predicted octanol–water partition coefficient (Wildman–Crippen LogP) is 4.01. The number of unbranched alkanes of at least 4 members (excludes halogenated alkanes) is 5. The van der Waals surface area contributed by atoms with Gasteiger partial charge in [-0.05, 0) is 18.6 Å². The normalized spacial score (nSPS) is 10.4. The van der Waals surface area contributed by atoms with E-state index in [1.807, 2.05) is 30.3 Å². The van der Waals surface area contributed by atoms with Crippen molar-refractivity contribution in [3.63, 3.8) is 0 Å². The summed E-state index contributed by atoms with van der Waals surface area (Å²) in [6.45, 7) is 3.81. The zero-order chi connectivity index (χ0) is 21.6. The van der Waals surface area contributed by atoms with E-state index in [4.69, 9.17) is 32.7 Å². The Bertz CT molecular complexity index is 750. The second-order valence-electron chi connectivity index (χ2n) is 6.62. The molecule has 2 aromatic rings. The number of hydrogen-bond acceptors (Lipinski definition) is 4. The van der Waals surface area contributed by atoms with Gasteiger partial charge in [0.1, 0.15) is 18.1 Å². The molecule has 0 atom stereocenters. The van der Waals surface area contributed by atoms with Crippen molar-refractivity contribution in [3.8, 4) is 5.75 Å². The van der Waals surface area contributed by atoms with Crippen LogP contribution in [-0.4, -0.2) is 24.3 Å². The number of ether oxygens (including phenoxy) is 2. The summed E-state index contributed by atoms with van der Waals surface area (Å²) >= 11 is 11.3. The van der Waals surface area contributed by atoms with E-state index in [0.717, 1.165) is 6.61 Å². The third-order valence-electron chi connectivity index (χ3n) is 4.17. The fraction of sp³-hybridized carbons (Fsp3) is 0.524. The lowest BCUT2D eigenvalue weighted by Gasteiger charge is -2.12. The number of benzene rings is 1. The molecule has 6 nitrogen and oxygen atoms in total. The Morgan fingerprint density at radius 2 is 1.79 bits per heavy atom. The summed E-state index contributed by atoms with van der Waals surface area (Å²) in [5.74, 6) is -1.39. The molecule has 8 heteroatoms. The monoisotopic (exact) mass is 444 g/mol. The minimum Gasteiger partial charge on any atom is -0.545 e. The molecule has 0 N–H and O–H groups in total. The molecule has 0 aliphatic rings. The van der Waals surface area contributed by atoms with Crippen molar-refractivity contribution in [1.82, 2.24) is 4.57 Å². The summed E-state index contributed by atoms with van der Waals surface area (Å²) in [5.41, 5.74) is -0.225. The number of carbonyl (C=O) groups is 1. The van der Waals surface area contributed by atoms with E-state index in [-0.39, 0.29) is 21.4 Å². The van der Waals surface area contributed by atoms with Crippen molar-refractivity contribution in [3.05, 3.63) is 46.5 Å². The number of methoxy groups -OCH3 is 1. The molecule has 1 heterocycles. The van der Waals surface area contributed by atoms with Crippen molar-refractivity contribution >= 4 is 29.2 Å². The number of aromatic carboxylic acids is 1. The molecule has 0 saturated heterocycles. The first-order valence-corrected chi connectivity index (χ1v) is 10.5. The molecule has 0 radical (unpaired) electrons. The third-order valence-corrected chi connectivity index (χ3v) is 4.79. The number of halogens is 2. The Balaban J connectivity index is 0.000000296. The molecular weight excluding hydrogens is 415 g/mol. The van der Waals surface area contributed by atoms with E-state index in [9.17, 15) is 9.90 Å². The predicted molar refractivity (Wildman–Crippen MR) is 112 cm³/mol. The fourth-order valence-corrected chi connectivity index (χ4v) is 3.12. The summed E-state index contributed by atoms with van der Waals surface area (Å²) < 4.78 is 14.4. The molecule has 0 amide bonds. The number of hydrogen-bond donors (Lipinski definition) is 0. The van der Waals surface area contributed by atoms with Crippen LogP contribution in [0.5, 0.6) is 5.75 Å².